The van der Waals surface area contributed by atoms with Crippen molar-refractivity contribution in [2.45, 2.75) is 52.2 Å². The largest absolute Gasteiger partial charge is 0.388 e. The summed E-state index contributed by atoms with van der Waals surface area (Å²) >= 11 is 0. The molecule has 1 aromatic heterocycles. The topological polar surface area (TPSA) is 38.1 Å². The van der Waals surface area contributed by atoms with E-state index in [2.05, 4.69) is 41.0 Å². The molecule has 0 spiro atoms. The smallest absolute Gasteiger partial charge is 0.0823 e. The SMILES string of the molecule is CCC(O)c1c(C)nn(CC2Cc3ccccc32)c1C. The van der Waals surface area contributed by atoms with Crippen LogP contribution in [0, 0.1) is 13.8 Å². The van der Waals surface area contributed by atoms with Gasteiger partial charge in [-0.3, -0.25) is 4.68 Å². The predicted molar refractivity (Wildman–Crippen MR) is 79.8 cm³/mol. The summed E-state index contributed by atoms with van der Waals surface area (Å²) in [5.41, 5.74) is 6.01. The van der Waals surface area contributed by atoms with Gasteiger partial charge in [-0.15, -0.1) is 0 Å². The number of aryl methyl sites for hydroxylation is 1. The van der Waals surface area contributed by atoms with Crippen LogP contribution >= 0.6 is 0 Å². The van der Waals surface area contributed by atoms with Gasteiger partial charge < -0.3 is 5.11 Å². The zero-order chi connectivity index (χ0) is 14.3. The van der Waals surface area contributed by atoms with Gasteiger partial charge in [-0.1, -0.05) is 31.2 Å². The molecule has 0 fully saturated rings. The van der Waals surface area contributed by atoms with Gasteiger partial charge in [0.1, 0.15) is 0 Å². The molecule has 0 radical (unpaired) electrons. The molecule has 3 nitrogen and oxygen atoms in total. The number of hydrogen-bond acceptors (Lipinski definition) is 2. The van der Waals surface area contributed by atoms with Crippen molar-refractivity contribution in [2.75, 3.05) is 0 Å². The molecule has 20 heavy (non-hydrogen) atoms. The third-order valence-corrected chi connectivity index (χ3v) is 4.51. The summed E-state index contributed by atoms with van der Waals surface area (Å²) in [6, 6.07) is 8.64. The van der Waals surface area contributed by atoms with Gasteiger partial charge >= 0.3 is 0 Å². The Morgan fingerprint density at radius 1 is 1.35 bits per heavy atom. The molecule has 0 saturated carbocycles. The fourth-order valence-electron chi connectivity index (χ4n) is 3.31. The van der Waals surface area contributed by atoms with E-state index < -0.39 is 6.10 Å². The van der Waals surface area contributed by atoms with Crippen molar-refractivity contribution in [1.29, 1.82) is 0 Å². The van der Waals surface area contributed by atoms with Gasteiger partial charge in [0.15, 0.2) is 0 Å². The van der Waals surface area contributed by atoms with Crippen molar-refractivity contribution in [3.63, 3.8) is 0 Å². The monoisotopic (exact) mass is 270 g/mol. The molecule has 1 N–H and O–H groups in total. The van der Waals surface area contributed by atoms with Crippen LogP contribution in [0.4, 0.5) is 0 Å². The third kappa shape index (κ3) is 2.06. The maximum atomic E-state index is 10.1. The highest BCUT2D eigenvalue weighted by Crippen LogP contribution is 2.36. The maximum absolute atomic E-state index is 10.1. The minimum Gasteiger partial charge on any atom is -0.388 e. The molecule has 1 aromatic carbocycles. The second-order valence-electron chi connectivity index (χ2n) is 5.79. The lowest BCUT2D eigenvalue weighted by Gasteiger charge is -2.30. The number of fused-ring (bicyclic) bond motifs is 1. The average Bonchev–Trinajstić information content (AvgIpc) is 2.70. The van der Waals surface area contributed by atoms with Crippen LogP contribution in [-0.4, -0.2) is 14.9 Å². The van der Waals surface area contributed by atoms with Gasteiger partial charge in [0.2, 0.25) is 0 Å². The average molecular weight is 270 g/mol. The fraction of sp³-hybridized carbons (Fsp3) is 0.471. The number of aromatic nitrogens is 2. The molecule has 2 aromatic rings. The lowest BCUT2D eigenvalue weighted by molar-refractivity contribution is 0.172. The maximum Gasteiger partial charge on any atom is 0.0823 e. The number of benzene rings is 1. The Labute approximate surface area is 120 Å². The lowest BCUT2D eigenvalue weighted by atomic mass is 9.77. The minimum atomic E-state index is -0.391. The fourth-order valence-corrected chi connectivity index (χ4v) is 3.31. The summed E-state index contributed by atoms with van der Waals surface area (Å²) in [6.07, 6.45) is 1.48. The normalized spacial score (nSPS) is 18.5. The number of nitrogens with zero attached hydrogens (tertiary/aromatic N) is 2. The van der Waals surface area contributed by atoms with Crippen LogP contribution in [0.3, 0.4) is 0 Å². The standard InChI is InChI=1S/C17H22N2O/c1-4-16(20)17-11(2)18-19(12(17)3)10-14-9-13-7-5-6-8-15(13)14/h5-8,14,16,20H,4,9-10H2,1-3H3. The van der Waals surface area contributed by atoms with Crippen LogP contribution in [0.1, 0.15) is 53.4 Å². The molecular formula is C17H22N2O. The Morgan fingerprint density at radius 3 is 2.80 bits per heavy atom. The Hall–Kier alpha value is -1.61. The molecule has 106 valence electrons. The van der Waals surface area contributed by atoms with E-state index in [9.17, 15) is 5.11 Å². The Morgan fingerprint density at radius 2 is 2.10 bits per heavy atom. The second kappa shape index (κ2) is 5.06. The molecule has 0 bridgehead atoms. The predicted octanol–water partition coefficient (Wildman–Crippen LogP) is 3.28. The Bertz CT molecular complexity index is 630. The van der Waals surface area contributed by atoms with Crippen molar-refractivity contribution in [3.05, 3.63) is 52.3 Å². The summed E-state index contributed by atoms with van der Waals surface area (Å²) in [5, 5.41) is 14.7. The van der Waals surface area contributed by atoms with Gasteiger partial charge in [-0.05, 0) is 37.8 Å². The molecule has 2 unspecified atom stereocenters. The van der Waals surface area contributed by atoms with Crippen LogP contribution in [0.5, 0.6) is 0 Å². The number of aliphatic hydroxyl groups excluding tert-OH is 1. The van der Waals surface area contributed by atoms with Crippen molar-refractivity contribution < 1.29 is 5.11 Å². The lowest BCUT2D eigenvalue weighted by Crippen LogP contribution is -2.23. The van der Waals surface area contributed by atoms with Gasteiger partial charge in [0.05, 0.1) is 11.8 Å². The van der Waals surface area contributed by atoms with Gasteiger partial charge in [-0.25, -0.2) is 0 Å². The highest BCUT2D eigenvalue weighted by Gasteiger charge is 2.27. The first-order valence-corrected chi connectivity index (χ1v) is 7.41. The van der Waals surface area contributed by atoms with E-state index in [0.717, 1.165) is 36.3 Å². The van der Waals surface area contributed by atoms with E-state index in [1.54, 1.807) is 0 Å². The number of aliphatic hydroxyl groups is 1. The highest BCUT2D eigenvalue weighted by atomic mass is 16.3. The summed E-state index contributed by atoms with van der Waals surface area (Å²) < 4.78 is 2.07. The van der Waals surface area contributed by atoms with Crippen LogP contribution in [0.2, 0.25) is 0 Å². The summed E-state index contributed by atoms with van der Waals surface area (Å²) in [6.45, 7) is 6.98. The van der Waals surface area contributed by atoms with Crippen LogP contribution in [0.15, 0.2) is 24.3 Å². The van der Waals surface area contributed by atoms with E-state index in [1.165, 1.54) is 11.1 Å². The molecule has 3 heteroatoms. The Kier molecular flexibility index (Phi) is 3.38. The zero-order valence-electron chi connectivity index (χ0n) is 12.4. The highest BCUT2D eigenvalue weighted by molar-refractivity contribution is 5.40. The van der Waals surface area contributed by atoms with Crippen LogP contribution in [0.25, 0.3) is 0 Å². The first-order chi connectivity index (χ1) is 9.61. The van der Waals surface area contributed by atoms with Gasteiger partial charge in [-0.2, -0.15) is 5.10 Å². The molecule has 0 aliphatic heterocycles. The van der Waals surface area contributed by atoms with E-state index in [4.69, 9.17) is 0 Å². The number of hydrogen-bond donors (Lipinski definition) is 1. The molecule has 1 aliphatic carbocycles. The first-order valence-electron chi connectivity index (χ1n) is 7.41. The molecule has 2 atom stereocenters. The van der Waals surface area contributed by atoms with Gasteiger partial charge in [0.25, 0.3) is 0 Å². The zero-order valence-corrected chi connectivity index (χ0v) is 12.4. The first kappa shape index (κ1) is 13.4. The summed E-state index contributed by atoms with van der Waals surface area (Å²) in [4.78, 5) is 0. The van der Waals surface area contributed by atoms with E-state index in [1.807, 2.05) is 13.8 Å². The van der Waals surface area contributed by atoms with E-state index in [0.29, 0.717) is 5.92 Å². The van der Waals surface area contributed by atoms with E-state index in [-0.39, 0.29) is 0 Å². The van der Waals surface area contributed by atoms with Crippen molar-refractivity contribution in [1.82, 2.24) is 9.78 Å². The molecular weight excluding hydrogens is 248 g/mol. The minimum absolute atomic E-state index is 0.391. The molecule has 1 heterocycles. The quantitative estimate of drug-likeness (QED) is 0.926. The molecule has 0 amide bonds. The molecule has 1 aliphatic rings. The van der Waals surface area contributed by atoms with Crippen LogP contribution < -0.4 is 0 Å². The third-order valence-electron chi connectivity index (χ3n) is 4.51. The van der Waals surface area contributed by atoms with Crippen molar-refractivity contribution >= 4 is 0 Å². The van der Waals surface area contributed by atoms with Crippen molar-refractivity contribution in [2.24, 2.45) is 0 Å². The van der Waals surface area contributed by atoms with E-state index >= 15 is 0 Å². The van der Waals surface area contributed by atoms with Crippen molar-refractivity contribution in [3.8, 4) is 0 Å². The molecule has 0 saturated heterocycles. The van der Waals surface area contributed by atoms with Crippen LogP contribution in [-0.2, 0) is 13.0 Å². The second-order valence-corrected chi connectivity index (χ2v) is 5.79. The van der Waals surface area contributed by atoms with Gasteiger partial charge in [0, 0.05) is 23.7 Å². The number of rotatable bonds is 4. The molecule has 3 rings (SSSR count). The Balaban J connectivity index is 1.83. The summed E-state index contributed by atoms with van der Waals surface area (Å²) in [5.74, 6) is 0.566. The summed E-state index contributed by atoms with van der Waals surface area (Å²) in [7, 11) is 0.